The highest BCUT2D eigenvalue weighted by Gasteiger charge is 2.26. The van der Waals surface area contributed by atoms with Crippen LogP contribution in [0.4, 0.5) is 5.82 Å². The number of piperidine rings is 1. The average Bonchev–Trinajstić information content (AvgIpc) is 3.06. The summed E-state index contributed by atoms with van der Waals surface area (Å²) in [7, 11) is 0. The molecule has 7 heteroatoms. The molecule has 1 atom stereocenters. The highest BCUT2D eigenvalue weighted by atomic mass is 16.2. The van der Waals surface area contributed by atoms with Gasteiger partial charge in [0.2, 0.25) is 0 Å². The monoisotopic (exact) mass is 350 g/mol. The first-order valence-electron chi connectivity index (χ1n) is 8.90. The Morgan fingerprint density at radius 2 is 2.12 bits per heavy atom. The second kappa shape index (κ2) is 6.74. The fourth-order valence-corrected chi connectivity index (χ4v) is 3.59. The number of nitrogen functional groups attached to an aromatic ring is 1. The van der Waals surface area contributed by atoms with Crippen LogP contribution >= 0.6 is 0 Å². The molecule has 26 heavy (non-hydrogen) atoms. The molecule has 1 saturated heterocycles. The number of amides is 1. The lowest BCUT2D eigenvalue weighted by Gasteiger charge is -2.32. The number of carbonyl (C=O) groups excluding carboxylic acids is 1. The summed E-state index contributed by atoms with van der Waals surface area (Å²) < 4.78 is 1.91. The van der Waals surface area contributed by atoms with Crippen molar-refractivity contribution in [3.8, 4) is 0 Å². The van der Waals surface area contributed by atoms with E-state index in [0.717, 1.165) is 42.7 Å². The predicted molar refractivity (Wildman–Crippen MR) is 98.7 cm³/mol. The van der Waals surface area contributed by atoms with Crippen LogP contribution in [0.3, 0.4) is 0 Å². The normalized spacial score (nSPS) is 17.6. The molecule has 0 bridgehead atoms. The summed E-state index contributed by atoms with van der Waals surface area (Å²) in [5.74, 6) is 0.806. The van der Waals surface area contributed by atoms with Gasteiger partial charge in [0.1, 0.15) is 17.2 Å². The van der Waals surface area contributed by atoms with E-state index in [1.807, 2.05) is 40.8 Å². The minimum Gasteiger partial charge on any atom is -0.382 e. The van der Waals surface area contributed by atoms with Crippen molar-refractivity contribution >= 4 is 17.4 Å². The summed E-state index contributed by atoms with van der Waals surface area (Å²) in [4.78, 5) is 27.7. The van der Waals surface area contributed by atoms with Gasteiger partial charge < -0.3 is 15.0 Å². The van der Waals surface area contributed by atoms with Crippen LogP contribution in [0.25, 0.3) is 5.65 Å². The summed E-state index contributed by atoms with van der Waals surface area (Å²) in [6, 6.07) is 3.93. The number of aryl methyl sites for hydroxylation is 1. The Kier molecular flexibility index (Phi) is 4.28. The molecule has 0 aromatic carbocycles. The van der Waals surface area contributed by atoms with E-state index in [1.54, 1.807) is 12.4 Å². The van der Waals surface area contributed by atoms with Crippen molar-refractivity contribution in [2.45, 2.75) is 26.2 Å². The fourth-order valence-electron chi connectivity index (χ4n) is 3.59. The van der Waals surface area contributed by atoms with E-state index in [1.165, 1.54) is 0 Å². The molecule has 0 saturated carbocycles. The minimum absolute atomic E-state index is 0.0110. The van der Waals surface area contributed by atoms with Crippen LogP contribution in [-0.4, -0.2) is 43.2 Å². The Morgan fingerprint density at radius 3 is 2.96 bits per heavy atom. The van der Waals surface area contributed by atoms with Gasteiger partial charge in [0.05, 0.1) is 5.69 Å². The van der Waals surface area contributed by atoms with Crippen LogP contribution in [0, 0.1) is 12.8 Å². The number of rotatable bonds is 3. The Balaban J connectivity index is 1.49. The molecule has 4 heterocycles. The summed E-state index contributed by atoms with van der Waals surface area (Å²) in [6.45, 7) is 3.48. The molecule has 0 spiro atoms. The van der Waals surface area contributed by atoms with Gasteiger partial charge in [-0.15, -0.1) is 0 Å². The van der Waals surface area contributed by atoms with E-state index >= 15 is 0 Å². The fraction of sp³-hybridized carbons (Fsp3) is 0.368. The quantitative estimate of drug-likeness (QED) is 0.781. The SMILES string of the molecule is Cc1ccc2nc(C(=O)N3CCC[C@@H](Cc4nccnc4N)C3)cn2c1. The number of aromatic nitrogens is 4. The Bertz CT molecular complexity index is 950. The maximum Gasteiger partial charge on any atom is 0.274 e. The molecule has 3 aromatic rings. The van der Waals surface area contributed by atoms with Crippen molar-refractivity contribution in [1.82, 2.24) is 24.3 Å². The summed E-state index contributed by atoms with van der Waals surface area (Å²) >= 11 is 0. The zero-order valence-electron chi connectivity index (χ0n) is 14.8. The molecule has 1 aliphatic rings. The minimum atomic E-state index is -0.0110. The Morgan fingerprint density at radius 1 is 1.27 bits per heavy atom. The van der Waals surface area contributed by atoms with E-state index in [0.29, 0.717) is 24.0 Å². The van der Waals surface area contributed by atoms with Crippen LogP contribution in [0.15, 0.2) is 36.9 Å². The molecule has 1 fully saturated rings. The number of pyridine rings is 1. The molecule has 0 aliphatic carbocycles. The van der Waals surface area contributed by atoms with Gasteiger partial charge in [-0.1, -0.05) is 6.07 Å². The number of likely N-dealkylation sites (tertiary alicyclic amines) is 1. The van der Waals surface area contributed by atoms with Gasteiger partial charge >= 0.3 is 0 Å². The Hall–Kier alpha value is -2.96. The largest absolute Gasteiger partial charge is 0.382 e. The van der Waals surface area contributed by atoms with Crippen molar-refractivity contribution in [1.29, 1.82) is 0 Å². The summed E-state index contributed by atoms with van der Waals surface area (Å²) in [6.07, 6.45) is 9.83. The topological polar surface area (TPSA) is 89.4 Å². The average molecular weight is 350 g/mol. The first kappa shape index (κ1) is 16.5. The van der Waals surface area contributed by atoms with Gasteiger partial charge in [-0.2, -0.15) is 0 Å². The number of hydrogen-bond acceptors (Lipinski definition) is 5. The second-order valence-corrected chi connectivity index (χ2v) is 6.95. The zero-order chi connectivity index (χ0) is 18.1. The molecule has 7 nitrogen and oxygen atoms in total. The van der Waals surface area contributed by atoms with E-state index in [9.17, 15) is 4.79 Å². The van der Waals surface area contributed by atoms with Gasteiger partial charge in [-0.3, -0.25) is 9.78 Å². The number of nitrogens with zero attached hydrogens (tertiary/aromatic N) is 5. The molecular weight excluding hydrogens is 328 g/mol. The molecule has 2 N–H and O–H groups in total. The smallest absolute Gasteiger partial charge is 0.274 e. The first-order valence-corrected chi connectivity index (χ1v) is 8.90. The Labute approximate surface area is 151 Å². The molecule has 1 aliphatic heterocycles. The molecule has 3 aromatic heterocycles. The van der Waals surface area contributed by atoms with Crippen molar-refractivity contribution in [3.05, 3.63) is 53.9 Å². The van der Waals surface area contributed by atoms with Crippen LogP contribution in [0.2, 0.25) is 0 Å². The van der Waals surface area contributed by atoms with Crippen LogP contribution in [0.5, 0.6) is 0 Å². The number of imidazole rings is 1. The van der Waals surface area contributed by atoms with E-state index in [-0.39, 0.29) is 5.91 Å². The van der Waals surface area contributed by atoms with Gasteiger partial charge in [0, 0.05) is 37.9 Å². The standard InChI is InChI=1S/C19H22N6O/c1-13-4-5-17-23-16(12-25(17)10-13)19(26)24-8-2-3-14(11-24)9-15-18(20)22-7-6-21-15/h4-7,10,12,14H,2-3,8-9,11H2,1H3,(H2,20,22)/t14-/m0/s1. The lowest BCUT2D eigenvalue weighted by atomic mass is 9.93. The highest BCUT2D eigenvalue weighted by molar-refractivity contribution is 5.93. The number of anilines is 1. The molecule has 0 unspecified atom stereocenters. The molecule has 4 rings (SSSR count). The van der Waals surface area contributed by atoms with Gasteiger partial charge in [-0.25, -0.2) is 9.97 Å². The van der Waals surface area contributed by atoms with E-state index < -0.39 is 0 Å². The molecule has 134 valence electrons. The number of fused-ring (bicyclic) bond motifs is 1. The van der Waals surface area contributed by atoms with Gasteiger partial charge in [0.15, 0.2) is 0 Å². The number of nitrogens with two attached hydrogens (primary N) is 1. The van der Waals surface area contributed by atoms with Crippen molar-refractivity contribution in [2.24, 2.45) is 5.92 Å². The first-order chi connectivity index (χ1) is 12.6. The zero-order valence-corrected chi connectivity index (χ0v) is 14.8. The maximum atomic E-state index is 12.9. The van der Waals surface area contributed by atoms with E-state index in [2.05, 4.69) is 15.0 Å². The number of carbonyl (C=O) groups is 1. The molecular formula is C19H22N6O. The van der Waals surface area contributed by atoms with Crippen LogP contribution in [0.1, 0.15) is 34.6 Å². The van der Waals surface area contributed by atoms with Crippen molar-refractivity contribution in [2.75, 3.05) is 18.8 Å². The third kappa shape index (κ3) is 3.24. The van der Waals surface area contributed by atoms with Gasteiger partial charge in [0.25, 0.3) is 5.91 Å². The van der Waals surface area contributed by atoms with Gasteiger partial charge in [-0.05, 0) is 43.7 Å². The summed E-state index contributed by atoms with van der Waals surface area (Å²) in [5, 5.41) is 0. The number of hydrogen-bond donors (Lipinski definition) is 1. The van der Waals surface area contributed by atoms with Crippen LogP contribution < -0.4 is 5.73 Å². The lowest BCUT2D eigenvalue weighted by molar-refractivity contribution is 0.0667. The van der Waals surface area contributed by atoms with Crippen molar-refractivity contribution < 1.29 is 4.79 Å². The predicted octanol–water partition coefficient (Wildman–Crippen LogP) is 2.11. The maximum absolute atomic E-state index is 12.9. The second-order valence-electron chi connectivity index (χ2n) is 6.95. The molecule has 0 radical (unpaired) electrons. The van der Waals surface area contributed by atoms with Crippen molar-refractivity contribution in [3.63, 3.8) is 0 Å². The highest BCUT2D eigenvalue weighted by Crippen LogP contribution is 2.23. The third-order valence-electron chi connectivity index (χ3n) is 4.91. The lowest BCUT2D eigenvalue weighted by Crippen LogP contribution is -2.40. The summed E-state index contributed by atoms with van der Waals surface area (Å²) in [5.41, 5.74) is 9.15. The third-order valence-corrected chi connectivity index (χ3v) is 4.91. The van der Waals surface area contributed by atoms with Crippen LogP contribution in [-0.2, 0) is 6.42 Å². The molecule has 1 amide bonds. The van der Waals surface area contributed by atoms with E-state index in [4.69, 9.17) is 5.73 Å².